The summed E-state index contributed by atoms with van der Waals surface area (Å²) in [5.41, 5.74) is 5.46. The van der Waals surface area contributed by atoms with E-state index in [1.165, 1.54) is 19.3 Å². The summed E-state index contributed by atoms with van der Waals surface area (Å²) in [6.07, 6.45) is 5.44. The minimum Gasteiger partial charge on any atom is -0.508 e. The van der Waals surface area contributed by atoms with Gasteiger partial charge in [-0.2, -0.15) is 8.42 Å². The molecule has 206 valence electrons. The van der Waals surface area contributed by atoms with E-state index in [0.29, 0.717) is 13.0 Å². The highest BCUT2D eigenvalue weighted by molar-refractivity contribution is 7.85. The van der Waals surface area contributed by atoms with Crippen LogP contribution in [0.1, 0.15) is 54.0 Å². The lowest BCUT2D eigenvalue weighted by molar-refractivity contribution is -0.225. The monoisotopic (exact) mass is 549 g/mol. The van der Waals surface area contributed by atoms with E-state index < -0.39 is 16.2 Å². The summed E-state index contributed by atoms with van der Waals surface area (Å²) in [6.45, 7) is 3.75. The second-order valence-corrected chi connectivity index (χ2v) is 11.7. The number of phenolic OH excluding ortho intramolecular Hbond substituents is 1. The molecule has 5 rings (SSSR count). The molecule has 1 atom stereocenters. The molecule has 0 amide bonds. The minimum atomic E-state index is -3.88. The molecule has 0 saturated carbocycles. The third-order valence-electron chi connectivity index (χ3n) is 7.30. The molecule has 1 N–H and O–H groups in total. The van der Waals surface area contributed by atoms with E-state index in [4.69, 9.17) is 14.0 Å². The first kappa shape index (κ1) is 27.4. The van der Waals surface area contributed by atoms with Gasteiger partial charge >= 0.3 is 0 Å². The maximum absolute atomic E-state index is 12.0. The summed E-state index contributed by atoms with van der Waals surface area (Å²) in [6, 6.07) is 22.7. The Morgan fingerprint density at radius 3 is 2.44 bits per heavy atom. The van der Waals surface area contributed by atoms with Gasteiger partial charge in [0.25, 0.3) is 10.1 Å². The van der Waals surface area contributed by atoms with Crippen LogP contribution in [0, 0.1) is 0 Å². The van der Waals surface area contributed by atoms with E-state index in [2.05, 4.69) is 11.0 Å². The molecule has 3 aromatic rings. The predicted molar refractivity (Wildman–Crippen MR) is 152 cm³/mol. The Morgan fingerprint density at radius 1 is 0.923 bits per heavy atom. The maximum atomic E-state index is 12.0. The summed E-state index contributed by atoms with van der Waals surface area (Å²) in [7, 11) is -3.88. The van der Waals surface area contributed by atoms with Gasteiger partial charge in [-0.3, -0.25) is 4.90 Å². The lowest BCUT2D eigenvalue weighted by atomic mass is 9.79. The lowest BCUT2D eigenvalue weighted by Crippen LogP contribution is -2.33. The van der Waals surface area contributed by atoms with Gasteiger partial charge in [-0.05, 0) is 96.4 Å². The van der Waals surface area contributed by atoms with Crippen molar-refractivity contribution >= 4 is 21.3 Å². The van der Waals surface area contributed by atoms with E-state index in [1.54, 1.807) is 18.2 Å². The van der Waals surface area contributed by atoms with Crippen molar-refractivity contribution in [3.05, 3.63) is 95.1 Å². The van der Waals surface area contributed by atoms with Crippen LogP contribution in [0.15, 0.2) is 72.8 Å². The zero-order chi connectivity index (χ0) is 27.2. The van der Waals surface area contributed by atoms with E-state index in [1.807, 2.05) is 48.5 Å². The standard InChI is InChI=1S/C31H35NO6S/c1-39(34,35)38-37-31(24-12-15-27(16-13-24)36-21-20-32-18-5-2-6-19-32)30-28-11-4-3-8-23(28)14-17-29(30)25-9-7-10-26(33)22-25/h3-4,7-13,15-16,22,31,33H,2,5-6,14,17-21H2,1H3. The maximum Gasteiger partial charge on any atom is 0.290 e. The summed E-state index contributed by atoms with van der Waals surface area (Å²) in [4.78, 5) is 8.15. The number of hydrogen-bond acceptors (Lipinski definition) is 7. The van der Waals surface area contributed by atoms with Crippen LogP contribution >= 0.6 is 0 Å². The van der Waals surface area contributed by atoms with E-state index >= 15 is 0 Å². The highest BCUT2D eigenvalue weighted by atomic mass is 32.2. The van der Waals surface area contributed by atoms with Gasteiger partial charge in [-0.1, -0.05) is 55.0 Å². The number of phenols is 1. The van der Waals surface area contributed by atoms with Gasteiger partial charge in [0.1, 0.15) is 24.2 Å². The molecule has 1 aliphatic carbocycles. The number of benzene rings is 3. The lowest BCUT2D eigenvalue weighted by Gasteiger charge is -2.29. The Kier molecular flexibility index (Phi) is 8.67. The number of hydrogen-bond donors (Lipinski definition) is 1. The molecule has 8 heteroatoms. The van der Waals surface area contributed by atoms with E-state index in [-0.39, 0.29) is 5.75 Å². The fourth-order valence-corrected chi connectivity index (χ4v) is 5.67. The zero-order valence-corrected chi connectivity index (χ0v) is 23.0. The first-order valence-electron chi connectivity index (χ1n) is 13.5. The first-order chi connectivity index (χ1) is 18.9. The number of nitrogens with zero attached hydrogens (tertiary/aromatic N) is 1. The second kappa shape index (κ2) is 12.3. The molecule has 1 fully saturated rings. The smallest absolute Gasteiger partial charge is 0.290 e. The average Bonchev–Trinajstić information content (AvgIpc) is 2.94. The van der Waals surface area contributed by atoms with Crippen LogP contribution in [0.5, 0.6) is 11.5 Å². The Hall–Kier alpha value is -3.17. The number of piperidine rings is 1. The topological polar surface area (TPSA) is 85.3 Å². The van der Waals surface area contributed by atoms with Gasteiger partial charge in [0.05, 0.1) is 6.26 Å². The molecule has 7 nitrogen and oxygen atoms in total. The van der Waals surface area contributed by atoms with Crippen LogP contribution in [-0.4, -0.2) is 50.9 Å². The molecule has 1 aliphatic heterocycles. The number of rotatable bonds is 10. The SMILES string of the molecule is CS(=O)(=O)OOC(C1=C(c2cccc(O)c2)CCc2ccccc21)c1ccc(OCCN2CCCCC2)cc1. The molecule has 0 radical (unpaired) electrons. The van der Waals surface area contributed by atoms with Gasteiger partial charge < -0.3 is 9.84 Å². The Labute approximate surface area is 230 Å². The summed E-state index contributed by atoms with van der Waals surface area (Å²) in [5.74, 6) is 0.902. The molecule has 39 heavy (non-hydrogen) atoms. The van der Waals surface area contributed by atoms with Crippen molar-refractivity contribution in [1.82, 2.24) is 4.90 Å². The van der Waals surface area contributed by atoms with Gasteiger partial charge in [0.2, 0.25) is 0 Å². The molecule has 2 aliphatic rings. The fraction of sp³-hybridized carbons (Fsp3) is 0.355. The number of fused-ring (bicyclic) bond motifs is 1. The second-order valence-electron chi connectivity index (χ2n) is 10.2. The van der Waals surface area contributed by atoms with Crippen LogP contribution < -0.4 is 4.74 Å². The van der Waals surface area contributed by atoms with Gasteiger partial charge in [-0.15, -0.1) is 4.33 Å². The summed E-state index contributed by atoms with van der Waals surface area (Å²) in [5, 5.41) is 10.2. The van der Waals surface area contributed by atoms with Crippen molar-refractivity contribution in [1.29, 1.82) is 0 Å². The molecule has 0 aromatic heterocycles. The largest absolute Gasteiger partial charge is 0.508 e. The first-order valence-corrected chi connectivity index (χ1v) is 15.3. The molecule has 0 bridgehead atoms. The predicted octanol–water partition coefficient (Wildman–Crippen LogP) is 5.76. The van der Waals surface area contributed by atoms with Gasteiger partial charge in [0.15, 0.2) is 0 Å². The molecule has 3 aromatic carbocycles. The van der Waals surface area contributed by atoms with Gasteiger partial charge in [-0.25, -0.2) is 4.89 Å². The van der Waals surface area contributed by atoms with Crippen molar-refractivity contribution in [3.8, 4) is 11.5 Å². The number of likely N-dealkylation sites (tertiary alicyclic amines) is 1. The van der Waals surface area contributed by atoms with Crippen LogP contribution in [0.3, 0.4) is 0 Å². The highest BCUT2D eigenvalue weighted by Gasteiger charge is 2.30. The summed E-state index contributed by atoms with van der Waals surface area (Å²) < 4.78 is 34.9. The third-order valence-corrected chi connectivity index (χ3v) is 7.63. The van der Waals surface area contributed by atoms with Crippen LogP contribution in [0.25, 0.3) is 11.1 Å². The quantitative estimate of drug-likeness (QED) is 0.254. The molecular formula is C31H35NO6S. The highest BCUT2D eigenvalue weighted by Crippen LogP contribution is 2.46. The van der Waals surface area contributed by atoms with E-state index in [9.17, 15) is 13.5 Å². The normalized spacial score (nSPS) is 17.1. The third kappa shape index (κ3) is 7.08. The van der Waals surface area contributed by atoms with Crippen molar-refractivity contribution in [2.45, 2.75) is 38.2 Å². The summed E-state index contributed by atoms with van der Waals surface area (Å²) >= 11 is 0. The van der Waals surface area contributed by atoms with Crippen LogP contribution in [0.4, 0.5) is 0 Å². The molecule has 1 saturated heterocycles. The van der Waals surface area contributed by atoms with Crippen molar-refractivity contribution < 1.29 is 27.5 Å². The van der Waals surface area contributed by atoms with Crippen LogP contribution in [-0.2, 0) is 25.8 Å². The molecule has 1 unspecified atom stereocenters. The molecule has 1 heterocycles. The van der Waals surface area contributed by atoms with Gasteiger partial charge in [0, 0.05) is 6.54 Å². The number of ether oxygens (including phenoxy) is 1. The van der Waals surface area contributed by atoms with Crippen molar-refractivity contribution in [2.24, 2.45) is 0 Å². The Bertz CT molecular complexity index is 1410. The van der Waals surface area contributed by atoms with Crippen molar-refractivity contribution in [2.75, 3.05) is 32.5 Å². The van der Waals surface area contributed by atoms with Crippen LogP contribution in [0.2, 0.25) is 0 Å². The average molecular weight is 550 g/mol. The number of allylic oxidation sites excluding steroid dienone is 1. The Morgan fingerprint density at radius 2 is 1.69 bits per heavy atom. The zero-order valence-electron chi connectivity index (χ0n) is 22.2. The van der Waals surface area contributed by atoms with Crippen molar-refractivity contribution in [3.63, 3.8) is 0 Å². The Balaban J connectivity index is 1.48. The number of aromatic hydroxyl groups is 1. The minimum absolute atomic E-state index is 0.161. The molecular weight excluding hydrogens is 514 g/mol. The molecule has 0 spiro atoms. The fourth-order valence-electron chi connectivity index (χ4n) is 5.45. The number of aryl methyl sites for hydroxylation is 1. The van der Waals surface area contributed by atoms with E-state index in [0.717, 1.165) is 71.5 Å².